The zero-order valence-corrected chi connectivity index (χ0v) is 13.9. The first-order chi connectivity index (χ1) is 11.7. The summed E-state index contributed by atoms with van der Waals surface area (Å²) in [5.41, 5.74) is 0.819. The van der Waals surface area contributed by atoms with Crippen LogP contribution in [-0.2, 0) is 14.3 Å². The van der Waals surface area contributed by atoms with Crippen LogP contribution in [-0.4, -0.2) is 67.6 Å². The summed E-state index contributed by atoms with van der Waals surface area (Å²) in [7, 11) is 0. The highest BCUT2D eigenvalue weighted by atomic mass is 16.5. The van der Waals surface area contributed by atoms with Crippen LogP contribution in [0, 0.1) is 5.92 Å². The Kier molecular flexibility index (Phi) is 5.82. The van der Waals surface area contributed by atoms with Gasteiger partial charge >= 0.3 is 0 Å². The molecule has 2 aliphatic heterocycles. The fourth-order valence-corrected chi connectivity index (χ4v) is 3.31. The summed E-state index contributed by atoms with van der Waals surface area (Å²) < 4.78 is 5.30. The Bertz CT molecular complexity index is 550. The van der Waals surface area contributed by atoms with Gasteiger partial charge in [-0.3, -0.25) is 14.5 Å². The monoisotopic (exact) mass is 331 g/mol. The Hall–Kier alpha value is -1.92. The normalized spacial score (nSPS) is 19.9. The average molecular weight is 331 g/mol. The number of anilines is 1. The summed E-state index contributed by atoms with van der Waals surface area (Å²) in [5, 5.41) is 2.91. The van der Waals surface area contributed by atoms with Crippen molar-refractivity contribution < 1.29 is 14.3 Å². The Morgan fingerprint density at radius 1 is 1.04 bits per heavy atom. The Balaban J connectivity index is 1.41. The lowest BCUT2D eigenvalue weighted by Crippen LogP contribution is -2.47. The highest BCUT2D eigenvalue weighted by Crippen LogP contribution is 2.20. The Labute approximate surface area is 142 Å². The van der Waals surface area contributed by atoms with Gasteiger partial charge in [0.1, 0.15) is 0 Å². The Morgan fingerprint density at radius 3 is 2.38 bits per heavy atom. The number of benzene rings is 1. The van der Waals surface area contributed by atoms with Crippen molar-refractivity contribution in [1.82, 2.24) is 9.80 Å². The highest BCUT2D eigenvalue weighted by Gasteiger charge is 2.29. The molecule has 6 heteroatoms. The molecule has 0 unspecified atom stereocenters. The third kappa shape index (κ3) is 4.55. The number of hydrogen-bond acceptors (Lipinski definition) is 4. The standard InChI is InChI=1S/C18H25N3O3/c22-17(19-16-4-2-1-3-5-16)14-20-8-6-15(7-9-20)18(23)21-10-12-24-13-11-21/h1-5,15H,6-14H2,(H,19,22). The van der Waals surface area contributed by atoms with Crippen molar-refractivity contribution in [2.24, 2.45) is 5.92 Å². The number of nitrogens with zero attached hydrogens (tertiary/aromatic N) is 2. The van der Waals surface area contributed by atoms with Gasteiger partial charge in [0.15, 0.2) is 0 Å². The van der Waals surface area contributed by atoms with Crippen LogP contribution in [0.3, 0.4) is 0 Å². The number of piperidine rings is 1. The number of ether oxygens (including phenoxy) is 1. The first-order valence-corrected chi connectivity index (χ1v) is 8.66. The molecular formula is C18H25N3O3. The molecule has 0 aromatic heterocycles. The molecule has 2 amide bonds. The van der Waals surface area contributed by atoms with Gasteiger partial charge in [-0.05, 0) is 38.1 Å². The lowest BCUT2D eigenvalue weighted by Gasteiger charge is -2.35. The molecule has 1 aromatic rings. The van der Waals surface area contributed by atoms with E-state index in [2.05, 4.69) is 10.2 Å². The van der Waals surface area contributed by atoms with Gasteiger partial charge in [-0.25, -0.2) is 0 Å². The summed E-state index contributed by atoms with van der Waals surface area (Å²) >= 11 is 0. The lowest BCUT2D eigenvalue weighted by molar-refractivity contribution is -0.141. The summed E-state index contributed by atoms with van der Waals surface area (Å²) in [6.45, 7) is 4.67. The SMILES string of the molecule is O=C(CN1CCC(C(=O)N2CCOCC2)CC1)Nc1ccccc1. The topological polar surface area (TPSA) is 61.9 Å². The second kappa shape index (κ2) is 8.26. The van der Waals surface area contributed by atoms with Gasteiger partial charge in [0, 0.05) is 24.7 Å². The molecule has 0 saturated carbocycles. The van der Waals surface area contributed by atoms with Crippen molar-refractivity contribution in [3.63, 3.8) is 0 Å². The van der Waals surface area contributed by atoms with Crippen LogP contribution in [0.15, 0.2) is 30.3 Å². The fourth-order valence-electron chi connectivity index (χ4n) is 3.31. The molecule has 130 valence electrons. The molecule has 0 aliphatic carbocycles. The summed E-state index contributed by atoms with van der Waals surface area (Å²) in [6.07, 6.45) is 1.66. The quantitative estimate of drug-likeness (QED) is 0.900. The van der Waals surface area contributed by atoms with E-state index in [1.165, 1.54) is 0 Å². The van der Waals surface area contributed by atoms with Crippen LogP contribution in [0.5, 0.6) is 0 Å². The van der Waals surface area contributed by atoms with Crippen LogP contribution in [0.2, 0.25) is 0 Å². The van der Waals surface area contributed by atoms with Crippen LogP contribution in [0.4, 0.5) is 5.69 Å². The highest BCUT2D eigenvalue weighted by molar-refractivity contribution is 5.92. The number of amides is 2. The Morgan fingerprint density at radius 2 is 1.71 bits per heavy atom. The third-order valence-corrected chi connectivity index (χ3v) is 4.68. The molecule has 0 radical (unpaired) electrons. The van der Waals surface area contributed by atoms with E-state index >= 15 is 0 Å². The first-order valence-electron chi connectivity index (χ1n) is 8.66. The van der Waals surface area contributed by atoms with Gasteiger partial charge < -0.3 is 15.0 Å². The van der Waals surface area contributed by atoms with Crippen LogP contribution in [0.25, 0.3) is 0 Å². The molecule has 0 bridgehead atoms. The maximum absolute atomic E-state index is 12.5. The number of nitrogens with one attached hydrogen (secondary N) is 1. The number of likely N-dealkylation sites (tertiary alicyclic amines) is 1. The lowest BCUT2D eigenvalue weighted by atomic mass is 9.95. The van der Waals surface area contributed by atoms with E-state index in [1.54, 1.807) is 0 Å². The molecule has 3 rings (SSSR count). The second-order valence-corrected chi connectivity index (χ2v) is 6.40. The molecule has 6 nitrogen and oxygen atoms in total. The molecule has 24 heavy (non-hydrogen) atoms. The van der Waals surface area contributed by atoms with E-state index in [9.17, 15) is 9.59 Å². The molecule has 1 aromatic carbocycles. The average Bonchev–Trinajstić information content (AvgIpc) is 2.63. The molecule has 2 aliphatic rings. The minimum absolute atomic E-state index is 0.000782. The molecular weight excluding hydrogens is 306 g/mol. The van der Waals surface area contributed by atoms with E-state index in [4.69, 9.17) is 4.74 Å². The first kappa shape index (κ1) is 16.9. The zero-order chi connectivity index (χ0) is 16.8. The number of rotatable bonds is 4. The number of para-hydroxylation sites is 1. The zero-order valence-electron chi connectivity index (χ0n) is 13.9. The van der Waals surface area contributed by atoms with Crippen molar-refractivity contribution in [2.45, 2.75) is 12.8 Å². The van der Waals surface area contributed by atoms with Crippen molar-refractivity contribution in [3.05, 3.63) is 30.3 Å². The van der Waals surface area contributed by atoms with Crippen LogP contribution < -0.4 is 5.32 Å². The predicted molar refractivity (Wildman–Crippen MR) is 91.6 cm³/mol. The largest absolute Gasteiger partial charge is 0.378 e. The molecule has 2 saturated heterocycles. The van der Waals surface area contributed by atoms with Gasteiger partial charge in [0.2, 0.25) is 11.8 Å². The van der Waals surface area contributed by atoms with E-state index in [0.29, 0.717) is 32.8 Å². The van der Waals surface area contributed by atoms with E-state index in [1.807, 2.05) is 35.2 Å². The molecule has 1 N–H and O–H groups in total. The molecule has 2 fully saturated rings. The van der Waals surface area contributed by atoms with E-state index < -0.39 is 0 Å². The van der Waals surface area contributed by atoms with E-state index in [-0.39, 0.29) is 17.7 Å². The number of morpholine rings is 1. The van der Waals surface area contributed by atoms with Crippen molar-refractivity contribution in [1.29, 1.82) is 0 Å². The van der Waals surface area contributed by atoms with Crippen molar-refractivity contribution >= 4 is 17.5 Å². The predicted octanol–water partition coefficient (Wildman–Crippen LogP) is 1.20. The second-order valence-electron chi connectivity index (χ2n) is 6.40. The van der Waals surface area contributed by atoms with Gasteiger partial charge in [0.05, 0.1) is 19.8 Å². The van der Waals surface area contributed by atoms with E-state index in [0.717, 1.165) is 31.6 Å². The molecule has 2 heterocycles. The maximum Gasteiger partial charge on any atom is 0.238 e. The number of carbonyl (C=O) groups is 2. The van der Waals surface area contributed by atoms with Gasteiger partial charge in [-0.1, -0.05) is 18.2 Å². The minimum atomic E-state index is -0.000782. The van der Waals surface area contributed by atoms with Crippen LogP contribution >= 0.6 is 0 Å². The maximum atomic E-state index is 12.5. The summed E-state index contributed by atoms with van der Waals surface area (Å²) in [5.74, 6) is 0.349. The smallest absolute Gasteiger partial charge is 0.238 e. The molecule has 0 spiro atoms. The van der Waals surface area contributed by atoms with Gasteiger partial charge in [-0.15, -0.1) is 0 Å². The van der Waals surface area contributed by atoms with Crippen molar-refractivity contribution in [2.75, 3.05) is 51.3 Å². The molecule has 0 atom stereocenters. The number of hydrogen-bond donors (Lipinski definition) is 1. The van der Waals surface area contributed by atoms with Gasteiger partial charge in [0.25, 0.3) is 0 Å². The van der Waals surface area contributed by atoms with Gasteiger partial charge in [-0.2, -0.15) is 0 Å². The third-order valence-electron chi connectivity index (χ3n) is 4.68. The van der Waals surface area contributed by atoms with Crippen molar-refractivity contribution in [3.8, 4) is 0 Å². The minimum Gasteiger partial charge on any atom is -0.378 e. The fraction of sp³-hybridized carbons (Fsp3) is 0.556. The summed E-state index contributed by atoms with van der Waals surface area (Å²) in [4.78, 5) is 28.6. The summed E-state index contributed by atoms with van der Waals surface area (Å²) in [6, 6.07) is 9.49. The van der Waals surface area contributed by atoms with Crippen LogP contribution in [0.1, 0.15) is 12.8 Å². The number of carbonyl (C=O) groups excluding carboxylic acids is 2.